The van der Waals surface area contributed by atoms with E-state index in [9.17, 15) is 13.2 Å². The van der Waals surface area contributed by atoms with Crippen LogP contribution in [0.4, 0.5) is 5.69 Å². The summed E-state index contributed by atoms with van der Waals surface area (Å²) in [5.74, 6) is -0.282. The molecule has 0 saturated carbocycles. The van der Waals surface area contributed by atoms with Crippen molar-refractivity contribution in [2.45, 2.75) is 24.8 Å². The maximum Gasteiger partial charge on any atom is 0.245 e. The SMILES string of the molecule is Cc1ccc(S(=O)(=O)N2CCN(c3ccccc3Cl)C(=O)C2C)cc1. The molecule has 5 nitrogen and oxygen atoms in total. The number of amides is 1. The van der Waals surface area contributed by atoms with Crippen molar-refractivity contribution in [1.29, 1.82) is 0 Å². The zero-order valence-electron chi connectivity index (χ0n) is 14.0. The monoisotopic (exact) mass is 378 g/mol. The van der Waals surface area contributed by atoms with Crippen molar-refractivity contribution in [2.24, 2.45) is 0 Å². The van der Waals surface area contributed by atoms with Crippen molar-refractivity contribution in [2.75, 3.05) is 18.0 Å². The molecule has 1 unspecified atom stereocenters. The molecule has 132 valence electrons. The molecular formula is C18H19ClN2O3S. The molecule has 0 aliphatic carbocycles. The molecule has 1 fully saturated rings. The molecule has 1 saturated heterocycles. The molecule has 2 aromatic carbocycles. The van der Waals surface area contributed by atoms with Gasteiger partial charge in [-0.1, -0.05) is 41.4 Å². The number of benzene rings is 2. The molecule has 0 N–H and O–H groups in total. The number of nitrogens with zero attached hydrogens (tertiary/aromatic N) is 2. The first-order valence-electron chi connectivity index (χ1n) is 7.97. The van der Waals surface area contributed by atoms with Crippen LogP contribution in [0.1, 0.15) is 12.5 Å². The van der Waals surface area contributed by atoms with Crippen LogP contribution in [0.2, 0.25) is 5.02 Å². The third-order valence-corrected chi connectivity index (χ3v) is 6.67. The highest BCUT2D eigenvalue weighted by molar-refractivity contribution is 7.89. The van der Waals surface area contributed by atoms with Gasteiger partial charge in [-0.05, 0) is 38.1 Å². The second kappa shape index (κ2) is 6.78. The van der Waals surface area contributed by atoms with Gasteiger partial charge in [-0.3, -0.25) is 4.79 Å². The summed E-state index contributed by atoms with van der Waals surface area (Å²) in [6, 6.07) is 12.9. The lowest BCUT2D eigenvalue weighted by Crippen LogP contribution is -2.57. The number of rotatable bonds is 3. The quantitative estimate of drug-likeness (QED) is 0.824. The van der Waals surface area contributed by atoms with Gasteiger partial charge >= 0.3 is 0 Å². The van der Waals surface area contributed by atoms with Crippen LogP contribution in [0.25, 0.3) is 0 Å². The van der Waals surface area contributed by atoms with E-state index in [1.54, 1.807) is 60.4 Å². The lowest BCUT2D eigenvalue weighted by atomic mass is 10.2. The van der Waals surface area contributed by atoms with Crippen LogP contribution in [0, 0.1) is 6.92 Å². The molecule has 3 rings (SSSR count). The maximum atomic E-state index is 12.9. The van der Waals surface area contributed by atoms with E-state index in [4.69, 9.17) is 11.6 Å². The summed E-state index contributed by atoms with van der Waals surface area (Å²) < 4.78 is 27.0. The molecule has 0 bridgehead atoms. The van der Waals surface area contributed by atoms with Crippen LogP contribution < -0.4 is 4.90 Å². The van der Waals surface area contributed by atoms with Gasteiger partial charge in [0, 0.05) is 13.1 Å². The minimum Gasteiger partial charge on any atom is -0.308 e. The number of carbonyl (C=O) groups is 1. The van der Waals surface area contributed by atoms with Gasteiger partial charge in [0.1, 0.15) is 6.04 Å². The van der Waals surface area contributed by atoms with Crippen molar-refractivity contribution >= 4 is 33.2 Å². The Morgan fingerprint density at radius 1 is 1.04 bits per heavy atom. The molecule has 2 aromatic rings. The second-order valence-corrected chi connectivity index (χ2v) is 8.34. The fourth-order valence-corrected chi connectivity index (χ4v) is 4.75. The first kappa shape index (κ1) is 17.9. The number of hydrogen-bond donors (Lipinski definition) is 0. The molecule has 0 aromatic heterocycles. The Hall–Kier alpha value is -1.89. The largest absolute Gasteiger partial charge is 0.308 e. The minimum atomic E-state index is -3.72. The standard InChI is InChI=1S/C18H19ClN2O3S/c1-13-7-9-15(10-8-13)25(23,24)21-12-11-20(18(22)14(21)2)17-6-4-3-5-16(17)19/h3-10,14H,11-12H2,1-2H3. The van der Waals surface area contributed by atoms with Crippen LogP contribution >= 0.6 is 11.6 Å². The molecule has 1 amide bonds. The minimum absolute atomic E-state index is 0.198. The van der Waals surface area contributed by atoms with Crippen molar-refractivity contribution in [1.82, 2.24) is 4.31 Å². The van der Waals surface area contributed by atoms with Crippen molar-refractivity contribution in [3.05, 3.63) is 59.1 Å². The van der Waals surface area contributed by atoms with E-state index in [-0.39, 0.29) is 23.9 Å². The number of para-hydroxylation sites is 1. The summed E-state index contributed by atoms with van der Waals surface area (Å²) in [6.07, 6.45) is 0. The van der Waals surface area contributed by atoms with E-state index in [1.807, 2.05) is 6.92 Å². The van der Waals surface area contributed by atoms with Gasteiger partial charge in [0.05, 0.1) is 15.6 Å². The molecule has 1 aliphatic heterocycles. The summed E-state index contributed by atoms with van der Waals surface area (Å²) in [6.45, 7) is 3.98. The average molecular weight is 379 g/mol. The number of anilines is 1. The summed E-state index contributed by atoms with van der Waals surface area (Å²) in [7, 11) is -3.72. The molecule has 1 atom stereocenters. The zero-order valence-corrected chi connectivity index (χ0v) is 15.6. The van der Waals surface area contributed by atoms with Gasteiger partial charge in [-0.2, -0.15) is 4.31 Å². The van der Waals surface area contributed by atoms with Gasteiger partial charge in [-0.25, -0.2) is 8.42 Å². The third-order valence-electron chi connectivity index (χ3n) is 4.37. The number of halogens is 1. The van der Waals surface area contributed by atoms with E-state index in [1.165, 1.54) is 4.31 Å². The van der Waals surface area contributed by atoms with E-state index in [2.05, 4.69) is 0 Å². The highest BCUT2D eigenvalue weighted by atomic mass is 35.5. The van der Waals surface area contributed by atoms with Crippen molar-refractivity contribution < 1.29 is 13.2 Å². The lowest BCUT2D eigenvalue weighted by Gasteiger charge is -2.38. The molecule has 7 heteroatoms. The van der Waals surface area contributed by atoms with E-state index >= 15 is 0 Å². The van der Waals surface area contributed by atoms with Crippen LogP contribution in [0.5, 0.6) is 0 Å². The smallest absolute Gasteiger partial charge is 0.245 e. The van der Waals surface area contributed by atoms with Gasteiger partial charge < -0.3 is 4.90 Å². The number of sulfonamides is 1. The molecule has 1 aliphatic rings. The van der Waals surface area contributed by atoms with Crippen LogP contribution in [-0.2, 0) is 14.8 Å². The first-order chi connectivity index (χ1) is 11.8. The highest BCUT2D eigenvalue weighted by Gasteiger charge is 2.39. The summed E-state index contributed by atoms with van der Waals surface area (Å²) in [5, 5.41) is 0.470. The number of piperazine rings is 1. The molecule has 25 heavy (non-hydrogen) atoms. The van der Waals surface area contributed by atoms with Gasteiger partial charge in [0.25, 0.3) is 0 Å². The van der Waals surface area contributed by atoms with Gasteiger partial charge in [-0.15, -0.1) is 0 Å². The predicted octanol–water partition coefficient (Wildman–Crippen LogP) is 3.07. The van der Waals surface area contributed by atoms with E-state index < -0.39 is 16.1 Å². The molecule has 1 heterocycles. The van der Waals surface area contributed by atoms with Crippen molar-refractivity contribution in [3.8, 4) is 0 Å². The predicted molar refractivity (Wildman–Crippen MR) is 98.3 cm³/mol. The Morgan fingerprint density at radius 3 is 2.32 bits per heavy atom. The summed E-state index contributed by atoms with van der Waals surface area (Å²) in [4.78, 5) is 14.5. The normalized spacial score (nSPS) is 19.2. The zero-order chi connectivity index (χ0) is 18.2. The van der Waals surface area contributed by atoms with Gasteiger partial charge in [0.2, 0.25) is 15.9 Å². The van der Waals surface area contributed by atoms with Crippen LogP contribution in [-0.4, -0.2) is 37.8 Å². The van der Waals surface area contributed by atoms with Crippen LogP contribution in [0.15, 0.2) is 53.4 Å². The third kappa shape index (κ3) is 3.29. The van der Waals surface area contributed by atoms with Gasteiger partial charge in [0.15, 0.2) is 0 Å². The Kier molecular flexibility index (Phi) is 4.86. The maximum absolute atomic E-state index is 12.9. The topological polar surface area (TPSA) is 57.7 Å². The average Bonchev–Trinajstić information content (AvgIpc) is 2.58. The number of carbonyl (C=O) groups excluding carboxylic acids is 1. The number of aryl methyl sites for hydroxylation is 1. The highest BCUT2D eigenvalue weighted by Crippen LogP contribution is 2.30. The Labute approximate surface area is 152 Å². The van der Waals surface area contributed by atoms with E-state index in [0.29, 0.717) is 10.7 Å². The van der Waals surface area contributed by atoms with Crippen molar-refractivity contribution in [3.63, 3.8) is 0 Å². The van der Waals surface area contributed by atoms with Crippen LogP contribution in [0.3, 0.4) is 0 Å². The molecular weight excluding hydrogens is 360 g/mol. The second-order valence-electron chi connectivity index (χ2n) is 6.05. The fraction of sp³-hybridized carbons (Fsp3) is 0.278. The summed E-state index contributed by atoms with van der Waals surface area (Å²) >= 11 is 6.18. The summed E-state index contributed by atoms with van der Waals surface area (Å²) in [5.41, 5.74) is 1.58. The van der Waals surface area contributed by atoms with E-state index in [0.717, 1.165) is 5.56 Å². The fourth-order valence-electron chi connectivity index (χ4n) is 2.93. The lowest BCUT2D eigenvalue weighted by molar-refractivity contribution is -0.123. The molecule has 0 spiro atoms. The first-order valence-corrected chi connectivity index (χ1v) is 9.78. The Balaban J connectivity index is 1.89. The number of hydrogen-bond acceptors (Lipinski definition) is 3. The Morgan fingerprint density at radius 2 is 1.68 bits per heavy atom. The molecule has 0 radical (unpaired) electrons. The Bertz CT molecular complexity index is 897.